The average Bonchev–Trinajstić information content (AvgIpc) is 2.91. The molecule has 9 bridgehead atoms. The molecule has 8 aliphatic rings. The first-order valence-corrected chi connectivity index (χ1v) is 9.55. The Kier molecular flexibility index (Phi) is 1.50. The second-order valence-corrected chi connectivity index (χ2v) is 10.3. The Labute approximate surface area is 128 Å². The molecule has 112 valence electrons. The van der Waals surface area contributed by atoms with Crippen molar-refractivity contribution in [2.24, 2.45) is 39.9 Å². The lowest BCUT2D eigenvalue weighted by atomic mass is 9.45. The van der Waals surface area contributed by atoms with E-state index in [1.807, 2.05) is 0 Å². The van der Waals surface area contributed by atoms with E-state index in [4.69, 9.17) is 0 Å². The fraction of sp³-hybridized carbons (Fsp3) is 0.900. The van der Waals surface area contributed by atoms with Crippen LogP contribution in [0.5, 0.6) is 0 Å². The third-order valence-corrected chi connectivity index (χ3v) is 10.1. The van der Waals surface area contributed by atoms with Gasteiger partial charge in [-0.1, -0.05) is 25.5 Å². The zero-order valence-corrected chi connectivity index (χ0v) is 13.3. The predicted octanol–water partition coefficient (Wildman–Crippen LogP) is 3.85. The van der Waals surface area contributed by atoms with Gasteiger partial charge in [0.15, 0.2) is 0 Å². The zero-order valence-electron chi connectivity index (χ0n) is 13.3. The number of hydrogen-bond donors (Lipinski definition) is 0. The van der Waals surface area contributed by atoms with Crippen LogP contribution < -0.4 is 0 Å². The lowest BCUT2D eigenvalue weighted by Gasteiger charge is -2.58. The lowest BCUT2D eigenvalue weighted by Crippen LogP contribution is -2.56. The molecule has 3 saturated heterocycles. The second kappa shape index (κ2) is 2.79. The van der Waals surface area contributed by atoms with Crippen molar-refractivity contribution in [1.82, 2.24) is 4.90 Å². The van der Waals surface area contributed by atoms with Gasteiger partial charge in [0, 0.05) is 18.6 Å². The normalized spacial score (nSPS) is 74.5. The molecule has 1 heteroatoms. The Morgan fingerprint density at radius 2 is 2.10 bits per heavy atom. The number of allylic oxidation sites excluding steroid dienone is 1. The Morgan fingerprint density at radius 3 is 3.00 bits per heavy atom. The number of nitrogens with zero attached hydrogens (tertiary/aromatic N) is 1. The van der Waals surface area contributed by atoms with Crippen LogP contribution in [0.4, 0.5) is 0 Å². The highest BCUT2D eigenvalue weighted by Crippen LogP contribution is 2.88. The van der Waals surface area contributed by atoms with Crippen LogP contribution >= 0.6 is 0 Å². The minimum absolute atomic E-state index is 0.680. The van der Waals surface area contributed by atoms with Crippen LogP contribution in [0.2, 0.25) is 0 Å². The van der Waals surface area contributed by atoms with Crippen LogP contribution in [0.3, 0.4) is 0 Å². The highest BCUT2D eigenvalue weighted by molar-refractivity contribution is 5.41. The van der Waals surface area contributed by atoms with Crippen LogP contribution in [0.25, 0.3) is 0 Å². The molecule has 0 aromatic heterocycles. The van der Waals surface area contributed by atoms with E-state index in [0.29, 0.717) is 5.41 Å². The van der Waals surface area contributed by atoms with Gasteiger partial charge >= 0.3 is 0 Å². The molecule has 21 heavy (non-hydrogen) atoms. The fourth-order valence-corrected chi connectivity index (χ4v) is 10.6. The van der Waals surface area contributed by atoms with Crippen molar-refractivity contribution < 1.29 is 0 Å². The van der Waals surface area contributed by atoms with Gasteiger partial charge in [-0.25, -0.2) is 0 Å². The van der Waals surface area contributed by atoms with E-state index < -0.39 is 0 Å². The van der Waals surface area contributed by atoms with Crippen LogP contribution in [0, 0.1) is 39.9 Å². The molecule has 10 atom stereocenters. The van der Waals surface area contributed by atoms with Crippen molar-refractivity contribution in [3.8, 4) is 0 Å². The van der Waals surface area contributed by atoms with Crippen molar-refractivity contribution >= 4 is 0 Å². The van der Waals surface area contributed by atoms with E-state index >= 15 is 0 Å². The number of hydrogen-bond acceptors (Lipinski definition) is 1. The molecule has 5 saturated carbocycles. The first kappa shape index (κ1) is 11.3. The standard InChI is InChI=1S/C20H27N/c1-11-8-19-9-14-16-18(2)6-3-7-20(16)15(19)12(11)4-5-13(19)17(20)21(14)10-18/h12-17H,1,3-10H2,2H3/t12-,13-,14+,15-,16-,17-,18+,19-,20-/m1/s1. The van der Waals surface area contributed by atoms with Crippen molar-refractivity contribution in [2.75, 3.05) is 6.54 Å². The van der Waals surface area contributed by atoms with Crippen molar-refractivity contribution in [2.45, 2.75) is 64.0 Å². The van der Waals surface area contributed by atoms with Crippen LogP contribution in [-0.2, 0) is 0 Å². The molecule has 0 aromatic carbocycles. The molecular weight excluding hydrogens is 254 g/mol. The summed E-state index contributed by atoms with van der Waals surface area (Å²) in [7, 11) is 0. The summed E-state index contributed by atoms with van der Waals surface area (Å²) in [4.78, 5) is 3.09. The zero-order chi connectivity index (χ0) is 13.8. The molecular formula is C20H27N. The van der Waals surface area contributed by atoms with E-state index in [9.17, 15) is 0 Å². The summed E-state index contributed by atoms with van der Waals surface area (Å²) in [5, 5.41) is 0. The van der Waals surface area contributed by atoms with Gasteiger partial charge in [0.25, 0.3) is 0 Å². The van der Waals surface area contributed by atoms with Gasteiger partial charge in [0.05, 0.1) is 0 Å². The quantitative estimate of drug-likeness (QED) is 0.610. The maximum absolute atomic E-state index is 4.58. The lowest BCUT2D eigenvalue weighted by molar-refractivity contribution is -0.0931. The molecule has 8 rings (SSSR count). The Morgan fingerprint density at radius 1 is 1.19 bits per heavy atom. The molecule has 3 heterocycles. The average molecular weight is 281 g/mol. The molecule has 0 aromatic rings. The topological polar surface area (TPSA) is 3.24 Å². The molecule has 0 N–H and O–H groups in total. The SMILES string of the molecule is C=C1C[C@]23C[C@H]4[C@@H]5[C@@]6(C)CCC[C@@]57[C@@H]2[C@@H]1CC[C@@H]3[C@H]7N4C6. The summed E-state index contributed by atoms with van der Waals surface area (Å²) in [6, 6.07) is 2.00. The summed E-state index contributed by atoms with van der Waals surface area (Å²) in [5.41, 5.74) is 3.85. The van der Waals surface area contributed by atoms with Gasteiger partial charge in [0.1, 0.15) is 0 Å². The highest BCUT2D eigenvalue weighted by atomic mass is 15.3. The minimum atomic E-state index is 0.680. The third kappa shape index (κ3) is 0.802. The smallest absolute Gasteiger partial charge is 0.0195 e. The highest BCUT2D eigenvalue weighted by Gasteiger charge is 2.87. The van der Waals surface area contributed by atoms with Gasteiger partial charge in [-0.2, -0.15) is 0 Å². The fourth-order valence-electron chi connectivity index (χ4n) is 10.6. The van der Waals surface area contributed by atoms with Crippen molar-refractivity contribution in [3.63, 3.8) is 0 Å². The van der Waals surface area contributed by atoms with Gasteiger partial charge in [-0.3, -0.25) is 4.90 Å². The molecule has 0 radical (unpaired) electrons. The third-order valence-electron chi connectivity index (χ3n) is 10.1. The van der Waals surface area contributed by atoms with E-state index in [1.165, 1.54) is 32.2 Å². The Bertz CT molecular complexity index is 609. The molecule has 1 nitrogen and oxygen atoms in total. The van der Waals surface area contributed by atoms with Crippen LogP contribution in [0.15, 0.2) is 12.2 Å². The Balaban J connectivity index is 1.56. The van der Waals surface area contributed by atoms with Crippen molar-refractivity contribution in [1.29, 1.82) is 0 Å². The van der Waals surface area contributed by atoms with E-state index in [1.54, 1.807) is 24.8 Å². The monoisotopic (exact) mass is 281 g/mol. The Hall–Kier alpha value is -0.300. The molecule has 2 spiro atoms. The maximum Gasteiger partial charge on any atom is 0.0195 e. The molecule has 5 aliphatic carbocycles. The maximum atomic E-state index is 4.58. The van der Waals surface area contributed by atoms with Gasteiger partial charge < -0.3 is 0 Å². The largest absolute Gasteiger partial charge is 0.296 e. The summed E-state index contributed by atoms with van der Waals surface area (Å²) >= 11 is 0. The van der Waals surface area contributed by atoms with Gasteiger partial charge in [-0.15, -0.1) is 0 Å². The number of piperidine rings is 2. The number of rotatable bonds is 0. The van der Waals surface area contributed by atoms with Gasteiger partial charge in [-0.05, 0) is 78.4 Å². The van der Waals surface area contributed by atoms with Crippen molar-refractivity contribution in [3.05, 3.63) is 12.2 Å². The minimum Gasteiger partial charge on any atom is -0.296 e. The second-order valence-electron chi connectivity index (χ2n) is 10.3. The van der Waals surface area contributed by atoms with Crippen LogP contribution in [-0.4, -0.2) is 23.5 Å². The van der Waals surface area contributed by atoms with E-state index in [-0.39, 0.29) is 0 Å². The van der Waals surface area contributed by atoms with E-state index in [2.05, 4.69) is 18.4 Å². The summed E-state index contributed by atoms with van der Waals surface area (Å²) in [6.07, 6.45) is 10.7. The first-order chi connectivity index (χ1) is 10.1. The summed E-state index contributed by atoms with van der Waals surface area (Å²) in [5.74, 6) is 4.11. The summed E-state index contributed by atoms with van der Waals surface area (Å²) in [6.45, 7) is 8.70. The first-order valence-electron chi connectivity index (χ1n) is 9.55. The molecule has 1 unspecified atom stereocenters. The van der Waals surface area contributed by atoms with Gasteiger partial charge in [0.2, 0.25) is 0 Å². The predicted molar refractivity (Wildman–Crippen MR) is 82.7 cm³/mol. The summed E-state index contributed by atoms with van der Waals surface area (Å²) < 4.78 is 0. The van der Waals surface area contributed by atoms with E-state index in [0.717, 1.165) is 46.6 Å². The molecule has 3 aliphatic heterocycles. The molecule has 8 fully saturated rings. The van der Waals surface area contributed by atoms with Crippen LogP contribution in [0.1, 0.15) is 51.9 Å². The molecule has 0 amide bonds.